The number of nitrogens with one attached hydrogen (secondary N) is 1. The second-order valence-corrected chi connectivity index (χ2v) is 3.98. The van der Waals surface area contributed by atoms with Crippen LogP contribution < -0.4 is 5.32 Å². The molecule has 6 heteroatoms. The molecule has 1 heterocycles. The zero-order valence-electron chi connectivity index (χ0n) is 9.98. The Kier molecular flexibility index (Phi) is 3.99. The van der Waals surface area contributed by atoms with Gasteiger partial charge < -0.3 is 5.32 Å². The number of halogens is 2. The lowest BCUT2D eigenvalue weighted by Crippen LogP contribution is -2.14. The molecule has 2 rings (SSSR count). The lowest BCUT2D eigenvalue weighted by molar-refractivity contribution is 0.151. The van der Waals surface area contributed by atoms with Crippen LogP contribution in [0, 0.1) is 0 Å². The van der Waals surface area contributed by atoms with Gasteiger partial charge in [0.05, 0.1) is 6.54 Å². The van der Waals surface area contributed by atoms with Gasteiger partial charge in [0, 0.05) is 19.2 Å². The Morgan fingerprint density at radius 2 is 1.94 bits per heavy atom. The molecule has 1 aromatic carbocycles. The van der Waals surface area contributed by atoms with Crippen molar-refractivity contribution in [3.05, 3.63) is 47.5 Å². The van der Waals surface area contributed by atoms with Crippen LogP contribution in [0.25, 0.3) is 0 Å². The smallest absolute Gasteiger partial charge is 0.263 e. The second kappa shape index (κ2) is 5.68. The van der Waals surface area contributed by atoms with Crippen LogP contribution in [0.5, 0.6) is 0 Å². The first kappa shape index (κ1) is 12.6. The topological polar surface area (TPSA) is 42.7 Å². The lowest BCUT2D eigenvalue weighted by atomic mass is 10.1. The van der Waals surface area contributed by atoms with E-state index in [1.807, 2.05) is 0 Å². The highest BCUT2D eigenvalue weighted by Crippen LogP contribution is 2.18. The number of rotatable bonds is 5. The number of alkyl halides is 2. The van der Waals surface area contributed by atoms with Crippen molar-refractivity contribution in [2.45, 2.75) is 19.5 Å². The molecule has 0 atom stereocenters. The van der Waals surface area contributed by atoms with E-state index in [0.29, 0.717) is 18.9 Å². The van der Waals surface area contributed by atoms with Crippen molar-refractivity contribution in [1.29, 1.82) is 0 Å². The summed E-state index contributed by atoms with van der Waals surface area (Å²) in [6.07, 6.45) is -0.779. The van der Waals surface area contributed by atoms with Crippen molar-refractivity contribution in [3.8, 4) is 0 Å². The molecule has 0 saturated carbocycles. The number of aryl methyl sites for hydroxylation is 1. The summed E-state index contributed by atoms with van der Waals surface area (Å²) in [5.41, 5.74) is 1.00. The summed E-state index contributed by atoms with van der Waals surface area (Å²) in [4.78, 5) is 4.07. The van der Waals surface area contributed by atoms with Crippen molar-refractivity contribution in [2.24, 2.45) is 7.05 Å². The zero-order chi connectivity index (χ0) is 13.0. The molecule has 2 aromatic rings. The summed E-state index contributed by atoms with van der Waals surface area (Å²) in [5.74, 6) is 0.710. The van der Waals surface area contributed by atoms with Crippen LogP contribution >= 0.6 is 0 Å². The number of hydrogen-bond donors (Lipinski definition) is 1. The van der Waals surface area contributed by atoms with Crippen LogP contribution in [0.2, 0.25) is 0 Å². The van der Waals surface area contributed by atoms with Crippen LogP contribution in [-0.2, 0) is 20.1 Å². The van der Waals surface area contributed by atoms with Crippen molar-refractivity contribution < 1.29 is 8.78 Å². The summed E-state index contributed by atoms with van der Waals surface area (Å²) in [7, 11) is 1.81. The van der Waals surface area contributed by atoms with Gasteiger partial charge in [-0.25, -0.2) is 13.8 Å². The fourth-order valence-corrected chi connectivity index (χ4v) is 1.56. The number of aromatic nitrogens is 3. The van der Waals surface area contributed by atoms with Gasteiger partial charge in [0.15, 0.2) is 5.82 Å². The first-order valence-corrected chi connectivity index (χ1v) is 5.57. The molecule has 0 aliphatic carbocycles. The van der Waals surface area contributed by atoms with Gasteiger partial charge in [-0.1, -0.05) is 24.3 Å². The second-order valence-electron chi connectivity index (χ2n) is 3.98. The van der Waals surface area contributed by atoms with Gasteiger partial charge in [0.25, 0.3) is 6.43 Å². The zero-order valence-corrected chi connectivity index (χ0v) is 9.98. The summed E-state index contributed by atoms with van der Waals surface area (Å²) in [6, 6.07) is 6.28. The Labute approximate surface area is 104 Å². The van der Waals surface area contributed by atoms with Crippen molar-refractivity contribution in [1.82, 2.24) is 20.1 Å². The highest BCUT2D eigenvalue weighted by Gasteiger charge is 2.05. The minimum Gasteiger partial charge on any atom is -0.306 e. The van der Waals surface area contributed by atoms with Gasteiger partial charge in [-0.3, -0.25) is 4.68 Å². The normalized spacial score (nSPS) is 11.1. The monoisotopic (exact) mass is 252 g/mol. The van der Waals surface area contributed by atoms with Crippen molar-refractivity contribution >= 4 is 0 Å². The van der Waals surface area contributed by atoms with Gasteiger partial charge in [-0.2, -0.15) is 5.10 Å². The Hall–Kier alpha value is -1.82. The minimum atomic E-state index is -2.41. The molecule has 4 nitrogen and oxygen atoms in total. The largest absolute Gasteiger partial charge is 0.306 e. The quantitative estimate of drug-likeness (QED) is 0.885. The number of nitrogens with zero attached hydrogens (tertiary/aromatic N) is 3. The molecule has 0 spiro atoms. The van der Waals surface area contributed by atoms with Gasteiger partial charge in [0.2, 0.25) is 0 Å². The highest BCUT2D eigenvalue weighted by molar-refractivity contribution is 5.23. The van der Waals surface area contributed by atoms with E-state index >= 15 is 0 Å². The van der Waals surface area contributed by atoms with E-state index in [1.165, 1.54) is 12.1 Å². The number of hydrogen-bond acceptors (Lipinski definition) is 3. The lowest BCUT2D eigenvalue weighted by Gasteiger charge is -2.04. The maximum atomic E-state index is 12.3. The third-order valence-corrected chi connectivity index (χ3v) is 2.49. The van der Waals surface area contributed by atoms with E-state index in [2.05, 4.69) is 15.4 Å². The van der Waals surface area contributed by atoms with Gasteiger partial charge in [0.1, 0.15) is 6.33 Å². The van der Waals surface area contributed by atoms with E-state index in [-0.39, 0.29) is 5.56 Å². The summed E-state index contributed by atoms with van der Waals surface area (Å²) < 4.78 is 26.3. The maximum absolute atomic E-state index is 12.3. The Morgan fingerprint density at radius 1 is 1.22 bits per heavy atom. The number of benzene rings is 1. The summed E-state index contributed by atoms with van der Waals surface area (Å²) in [5, 5.41) is 7.28. The Bertz CT molecular complexity index is 493. The van der Waals surface area contributed by atoms with E-state index in [9.17, 15) is 8.78 Å². The molecule has 0 saturated heterocycles. The SMILES string of the molecule is Cn1cnc(CNCc2ccc(C(F)F)cc2)n1. The molecule has 0 unspecified atom stereocenters. The molecule has 0 aliphatic heterocycles. The van der Waals surface area contributed by atoms with E-state index in [1.54, 1.807) is 30.2 Å². The molecular formula is C12H14F2N4. The van der Waals surface area contributed by atoms with Crippen molar-refractivity contribution in [3.63, 3.8) is 0 Å². The molecular weight excluding hydrogens is 238 g/mol. The van der Waals surface area contributed by atoms with E-state index in [0.717, 1.165) is 5.56 Å². The average molecular weight is 252 g/mol. The third-order valence-electron chi connectivity index (χ3n) is 2.49. The molecule has 0 radical (unpaired) electrons. The summed E-state index contributed by atoms with van der Waals surface area (Å²) >= 11 is 0. The molecule has 1 aromatic heterocycles. The minimum absolute atomic E-state index is 0.0464. The van der Waals surface area contributed by atoms with Crippen LogP contribution in [0.1, 0.15) is 23.4 Å². The van der Waals surface area contributed by atoms with Gasteiger partial charge >= 0.3 is 0 Å². The van der Waals surface area contributed by atoms with Crippen molar-refractivity contribution in [2.75, 3.05) is 0 Å². The fraction of sp³-hybridized carbons (Fsp3) is 0.333. The predicted molar refractivity (Wildman–Crippen MR) is 62.9 cm³/mol. The Balaban J connectivity index is 1.83. The van der Waals surface area contributed by atoms with Crippen LogP contribution in [0.15, 0.2) is 30.6 Å². The molecule has 1 N–H and O–H groups in total. The molecule has 0 bridgehead atoms. The Morgan fingerprint density at radius 3 is 2.50 bits per heavy atom. The fourth-order valence-electron chi connectivity index (χ4n) is 1.56. The van der Waals surface area contributed by atoms with Crippen LogP contribution in [0.3, 0.4) is 0 Å². The highest BCUT2D eigenvalue weighted by atomic mass is 19.3. The van der Waals surface area contributed by atoms with Gasteiger partial charge in [-0.15, -0.1) is 0 Å². The van der Waals surface area contributed by atoms with Gasteiger partial charge in [-0.05, 0) is 5.56 Å². The van der Waals surface area contributed by atoms with E-state index in [4.69, 9.17) is 0 Å². The molecule has 0 aliphatic rings. The molecule has 0 fully saturated rings. The maximum Gasteiger partial charge on any atom is 0.263 e. The average Bonchev–Trinajstić information content (AvgIpc) is 2.76. The predicted octanol–water partition coefficient (Wildman–Crippen LogP) is 2.04. The molecule has 18 heavy (non-hydrogen) atoms. The molecule has 96 valence electrons. The van der Waals surface area contributed by atoms with E-state index < -0.39 is 6.43 Å². The first-order valence-electron chi connectivity index (χ1n) is 5.57. The standard InChI is InChI=1S/C12H14F2N4/c1-18-8-16-11(17-18)7-15-6-9-2-4-10(5-3-9)12(13)14/h2-5,8,12,15H,6-7H2,1H3. The summed E-state index contributed by atoms with van der Waals surface area (Å²) in [6.45, 7) is 1.15. The molecule has 0 amide bonds. The first-order chi connectivity index (χ1) is 8.65. The van der Waals surface area contributed by atoms with Crippen LogP contribution in [-0.4, -0.2) is 14.8 Å². The van der Waals surface area contributed by atoms with Crippen LogP contribution in [0.4, 0.5) is 8.78 Å². The third kappa shape index (κ3) is 3.33.